The highest BCUT2D eigenvalue weighted by atomic mass is 127. The van der Waals surface area contributed by atoms with Gasteiger partial charge in [0, 0.05) is 9.13 Å². The van der Waals surface area contributed by atoms with Gasteiger partial charge in [0.05, 0.1) is 11.4 Å². The quantitative estimate of drug-likeness (QED) is 0.346. The first kappa shape index (κ1) is 16.1. The Morgan fingerprint density at radius 1 is 1.22 bits per heavy atom. The summed E-state index contributed by atoms with van der Waals surface area (Å²) in [6, 6.07) is 13.3. The van der Waals surface area contributed by atoms with Crippen molar-refractivity contribution in [1.29, 1.82) is 0 Å². The summed E-state index contributed by atoms with van der Waals surface area (Å²) < 4.78 is 15.8. The van der Waals surface area contributed by atoms with Gasteiger partial charge in [0.15, 0.2) is 5.78 Å². The molecular weight excluding hydrogens is 430 g/mol. The average Bonchev–Trinajstić information content (AvgIpc) is 3.02. The number of tetrazole rings is 1. The summed E-state index contributed by atoms with van der Waals surface area (Å²) in [5, 5.41) is 11.8. The van der Waals surface area contributed by atoms with E-state index >= 15 is 0 Å². The van der Waals surface area contributed by atoms with Crippen LogP contribution in [-0.4, -0.2) is 31.7 Å². The summed E-state index contributed by atoms with van der Waals surface area (Å²) in [5.41, 5.74) is 1.15. The average molecular weight is 440 g/mol. The lowest BCUT2D eigenvalue weighted by Crippen LogP contribution is -2.05. The van der Waals surface area contributed by atoms with Crippen molar-refractivity contribution in [1.82, 2.24) is 20.2 Å². The van der Waals surface area contributed by atoms with E-state index in [0.717, 1.165) is 3.57 Å². The standard InChI is InChI=1S/C15H10FIN4OS/c16-11-2-1-3-13(8-11)21-15(18-19-20-21)23-9-14(22)10-4-6-12(17)7-5-10/h1-8H,9H2. The molecule has 0 fully saturated rings. The van der Waals surface area contributed by atoms with Gasteiger partial charge in [-0.2, -0.15) is 4.68 Å². The Hall–Kier alpha value is -1.81. The van der Waals surface area contributed by atoms with E-state index in [9.17, 15) is 9.18 Å². The number of thioether (sulfide) groups is 1. The third kappa shape index (κ3) is 3.94. The molecule has 116 valence electrons. The van der Waals surface area contributed by atoms with Gasteiger partial charge in [-0.15, -0.1) is 5.10 Å². The number of hydrogen-bond donors (Lipinski definition) is 0. The molecule has 0 amide bonds. The van der Waals surface area contributed by atoms with Crippen molar-refractivity contribution in [2.45, 2.75) is 5.16 Å². The molecule has 0 aliphatic heterocycles. The van der Waals surface area contributed by atoms with Crippen LogP contribution in [0, 0.1) is 9.39 Å². The second-order valence-electron chi connectivity index (χ2n) is 4.57. The second-order valence-corrected chi connectivity index (χ2v) is 6.76. The van der Waals surface area contributed by atoms with Gasteiger partial charge < -0.3 is 0 Å². The van der Waals surface area contributed by atoms with Crippen LogP contribution in [0.2, 0.25) is 0 Å². The van der Waals surface area contributed by atoms with Crippen LogP contribution in [0.4, 0.5) is 4.39 Å². The molecule has 0 saturated carbocycles. The van der Waals surface area contributed by atoms with Crippen molar-refractivity contribution in [3.05, 3.63) is 63.5 Å². The number of Topliss-reactive ketones (excluding diaryl/α,β-unsaturated/α-hetero) is 1. The molecular formula is C15H10FIN4OS. The molecule has 3 rings (SSSR count). The van der Waals surface area contributed by atoms with Crippen molar-refractivity contribution in [3.8, 4) is 5.69 Å². The molecule has 0 saturated heterocycles. The number of hydrogen-bond acceptors (Lipinski definition) is 5. The number of carbonyl (C=O) groups excluding carboxylic acids is 1. The maximum atomic E-state index is 13.3. The highest BCUT2D eigenvalue weighted by Gasteiger charge is 2.13. The summed E-state index contributed by atoms with van der Waals surface area (Å²) in [6.45, 7) is 0. The fourth-order valence-electron chi connectivity index (χ4n) is 1.89. The first-order chi connectivity index (χ1) is 11.1. The molecule has 0 aliphatic rings. The van der Waals surface area contributed by atoms with Crippen LogP contribution in [0.5, 0.6) is 0 Å². The molecule has 3 aromatic rings. The number of ketones is 1. The smallest absolute Gasteiger partial charge is 0.214 e. The second kappa shape index (κ2) is 7.18. The number of aromatic nitrogens is 4. The lowest BCUT2D eigenvalue weighted by molar-refractivity contribution is 0.102. The van der Waals surface area contributed by atoms with Crippen LogP contribution in [0.25, 0.3) is 5.69 Å². The first-order valence-electron chi connectivity index (χ1n) is 6.59. The Labute approximate surface area is 149 Å². The topological polar surface area (TPSA) is 60.7 Å². The van der Waals surface area contributed by atoms with Crippen molar-refractivity contribution in [3.63, 3.8) is 0 Å². The van der Waals surface area contributed by atoms with Gasteiger partial charge in [-0.05, 0) is 63.3 Å². The Balaban J connectivity index is 1.73. The third-order valence-corrected chi connectivity index (χ3v) is 4.63. The molecule has 0 bridgehead atoms. The van der Waals surface area contributed by atoms with Gasteiger partial charge in [-0.3, -0.25) is 4.79 Å². The fraction of sp³-hybridized carbons (Fsp3) is 0.0667. The highest BCUT2D eigenvalue weighted by molar-refractivity contribution is 14.1. The van der Waals surface area contributed by atoms with Crippen LogP contribution < -0.4 is 0 Å². The van der Waals surface area contributed by atoms with Gasteiger partial charge in [0.2, 0.25) is 5.16 Å². The van der Waals surface area contributed by atoms with Gasteiger partial charge >= 0.3 is 0 Å². The molecule has 23 heavy (non-hydrogen) atoms. The predicted molar refractivity (Wildman–Crippen MR) is 93.3 cm³/mol. The zero-order valence-electron chi connectivity index (χ0n) is 11.7. The lowest BCUT2D eigenvalue weighted by atomic mass is 10.2. The molecule has 0 N–H and O–H groups in total. The Bertz CT molecular complexity index is 838. The lowest BCUT2D eigenvalue weighted by Gasteiger charge is -2.04. The monoisotopic (exact) mass is 440 g/mol. The van der Waals surface area contributed by atoms with E-state index < -0.39 is 0 Å². The number of carbonyl (C=O) groups is 1. The van der Waals surface area contributed by atoms with E-state index in [-0.39, 0.29) is 17.4 Å². The van der Waals surface area contributed by atoms with Crippen LogP contribution in [-0.2, 0) is 0 Å². The number of rotatable bonds is 5. The van der Waals surface area contributed by atoms with E-state index in [4.69, 9.17) is 0 Å². The molecule has 2 aromatic carbocycles. The zero-order chi connectivity index (χ0) is 16.2. The van der Waals surface area contributed by atoms with Gasteiger partial charge in [-0.1, -0.05) is 30.0 Å². The summed E-state index contributed by atoms with van der Waals surface area (Å²) in [6.07, 6.45) is 0. The molecule has 5 nitrogen and oxygen atoms in total. The summed E-state index contributed by atoms with van der Waals surface area (Å²) in [4.78, 5) is 12.2. The molecule has 0 unspecified atom stereocenters. The fourth-order valence-corrected chi connectivity index (χ4v) is 3.03. The first-order valence-corrected chi connectivity index (χ1v) is 8.66. The minimum Gasteiger partial charge on any atom is -0.293 e. The minimum atomic E-state index is -0.371. The van der Waals surface area contributed by atoms with E-state index in [1.807, 2.05) is 12.1 Å². The zero-order valence-corrected chi connectivity index (χ0v) is 14.7. The van der Waals surface area contributed by atoms with E-state index in [2.05, 4.69) is 38.1 Å². The van der Waals surface area contributed by atoms with Crippen molar-refractivity contribution in [2.24, 2.45) is 0 Å². The Morgan fingerprint density at radius 2 is 2.00 bits per heavy atom. The Kier molecular flexibility index (Phi) is 5.01. The molecule has 8 heteroatoms. The summed E-state index contributed by atoms with van der Waals surface area (Å²) in [5.74, 6) is -0.180. The minimum absolute atomic E-state index is 0.0137. The van der Waals surface area contributed by atoms with Crippen molar-refractivity contribution >= 4 is 40.1 Å². The molecule has 0 atom stereocenters. The van der Waals surface area contributed by atoms with Crippen LogP contribution >= 0.6 is 34.4 Å². The normalized spacial score (nSPS) is 10.7. The van der Waals surface area contributed by atoms with E-state index in [1.165, 1.54) is 28.6 Å². The van der Waals surface area contributed by atoms with Crippen LogP contribution in [0.3, 0.4) is 0 Å². The van der Waals surface area contributed by atoms with Crippen molar-refractivity contribution in [2.75, 3.05) is 5.75 Å². The largest absolute Gasteiger partial charge is 0.293 e. The van der Waals surface area contributed by atoms with Crippen LogP contribution in [0.15, 0.2) is 53.7 Å². The maximum Gasteiger partial charge on any atom is 0.214 e. The summed E-state index contributed by atoms with van der Waals surface area (Å²) in [7, 11) is 0. The maximum absolute atomic E-state index is 13.3. The summed E-state index contributed by atoms with van der Waals surface area (Å²) >= 11 is 3.40. The molecule has 0 radical (unpaired) electrons. The molecule has 1 aromatic heterocycles. The number of halogens is 2. The molecule has 1 heterocycles. The van der Waals surface area contributed by atoms with Gasteiger partial charge in [0.25, 0.3) is 0 Å². The van der Waals surface area contributed by atoms with Crippen LogP contribution in [0.1, 0.15) is 10.4 Å². The number of benzene rings is 2. The Morgan fingerprint density at radius 3 is 2.74 bits per heavy atom. The molecule has 0 spiro atoms. The predicted octanol–water partition coefficient (Wildman–Crippen LogP) is 3.38. The van der Waals surface area contributed by atoms with Gasteiger partial charge in [0.1, 0.15) is 5.82 Å². The number of nitrogens with zero attached hydrogens (tertiary/aromatic N) is 4. The van der Waals surface area contributed by atoms with Gasteiger partial charge in [-0.25, -0.2) is 4.39 Å². The molecule has 0 aliphatic carbocycles. The van der Waals surface area contributed by atoms with E-state index in [1.54, 1.807) is 24.3 Å². The van der Waals surface area contributed by atoms with E-state index in [0.29, 0.717) is 16.4 Å². The SMILES string of the molecule is O=C(CSc1nnnn1-c1cccc(F)c1)c1ccc(I)cc1. The third-order valence-electron chi connectivity index (χ3n) is 2.99. The highest BCUT2D eigenvalue weighted by Crippen LogP contribution is 2.20. The van der Waals surface area contributed by atoms with Crippen molar-refractivity contribution < 1.29 is 9.18 Å².